The number of carboxylic acid groups (broad SMARTS) is 1. The van der Waals surface area contributed by atoms with Crippen molar-refractivity contribution < 1.29 is 23.5 Å². The molecule has 0 aliphatic carbocycles. The van der Waals surface area contributed by atoms with Crippen LogP contribution in [0.25, 0.3) is 0 Å². The van der Waals surface area contributed by atoms with E-state index < -0.39 is 30.1 Å². The van der Waals surface area contributed by atoms with Gasteiger partial charge in [0, 0.05) is 13.1 Å². The summed E-state index contributed by atoms with van der Waals surface area (Å²) in [5.74, 6) is -4.36. The Kier molecular flexibility index (Phi) is 6.04. The second kappa shape index (κ2) is 7.33. The minimum Gasteiger partial charge on any atom is -0.480 e. The predicted octanol–water partition coefficient (Wildman–Crippen LogP) is 1.71. The summed E-state index contributed by atoms with van der Waals surface area (Å²) in [4.78, 5) is 25.8. The summed E-state index contributed by atoms with van der Waals surface area (Å²) < 4.78 is 26.2. The lowest BCUT2D eigenvalue weighted by Gasteiger charge is -2.23. The summed E-state index contributed by atoms with van der Waals surface area (Å²) in [6, 6.07) is 1.36. The van der Waals surface area contributed by atoms with Gasteiger partial charge in [0.15, 0.2) is 11.6 Å². The molecular formula is C13H15ClF2N2O3. The Hall–Kier alpha value is -1.73. The molecule has 0 unspecified atom stereocenters. The first-order valence-electron chi connectivity index (χ1n) is 6.02. The fourth-order valence-electron chi connectivity index (χ4n) is 1.59. The van der Waals surface area contributed by atoms with Crippen LogP contribution in [0.4, 0.5) is 8.78 Å². The van der Waals surface area contributed by atoms with Crippen molar-refractivity contribution in [2.75, 3.05) is 33.7 Å². The molecule has 0 atom stereocenters. The van der Waals surface area contributed by atoms with E-state index in [1.54, 1.807) is 19.0 Å². The Morgan fingerprint density at radius 2 is 1.76 bits per heavy atom. The van der Waals surface area contributed by atoms with Gasteiger partial charge in [-0.3, -0.25) is 9.59 Å². The van der Waals surface area contributed by atoms with Crippen molar-refractivity contribution in [3.63, 3.8) is 0 Å². The molecule has 0 aliphatic rings. The second-order valence-electron chi connectivity index (χ2n) is 4.67. The number of halogens is 3. The molecule has 1 N–H and O–H groups in total. The molecule has 1 rings (SSSR count). The van der Waals surface area contributed by atoms with Gasteiger partial charge in [-0.1, -0.05) is 11.6 Å². The third-order valence-electron chi connectivity index (χ3n) is 2.67. The van der Waals surface area contributed by atoms with Gasteiger partial charge >= 0.3 is 5.97 Å². The van der Waals surface area contributed by atoms with E-state index in [-0.39, 0.29) is 17.1 Å². The van der Waals surface area contributed by atoms with Gasteiger partial charge in [-0.2, -0.15) is 0 Å². The number of amides is 1. The van der Waals surface area contributed by atoms with Gasteiger partial charge in [0.1, 0.15) is 6.54 Å². The summed E-state index contributed by atoms with van der Waals surface area (Å²) >= 11 is 5.73. The lowest BCUT2D eigenvalue weighted by atomic mass is 10.1. The normalized spacial score (nSPS) is 10.8. The Bertz CT molecular complexity index is 552. The summed E-state index contributed by atoms with van der Waals surface area (Å²) in [5, 5.41) is 8.57. The van der Waals surface area contributed by atoms with Crippen LogP contribution in [-0.4, -0.2) is 60.5 Å². The van der Waals surface area contributed by atoms with Crippen LogP contribution in [-0.2, 0) is 4.79 Å². The van der Waals surface area contributed by atoms with E-state index in [1.807, 2.05) is 0 Å². The lowest BCUT2D eigenvalue weighted by molar-refractivity contribution is -0.137. The van der Waals surface area contributed by atoms with Crippen molar-refractivity contribution in [3.05, 3.63) is 34.4 Å². The van der Waals surface area contributed by atoms with Crippen LogP contribution >= 0.6 is 11.6 Å². The van der Waals surface area contributed by atoms with E-state index in [0.29, 0.717) is 18.7 Å². The number of hydrogen-bond donors (Lipinski definition) is 1. The molecule has 0 saturated carbocycles. The highest BCUT2D eigenvalue weighted by atomic mass is 35.5. The molecule has 0 fully saturated rings. The minimum absolute atomic E-state index is 0.119. The van der Waals surface area contributed by atoms with E-state index in [1.165, 1.54) is 0 Å². The molecular weight excluding hydrogens is 306 g/mol. The van der Waals surface area contributed by atoms with Gasteiger partial charge in [0.2, 0.25) is 0 Å². The van der Waals surface area contributed by atoms with E-state index in [9.17, 15) is 18.4 Å². The van der Waals surface area contributed by atoms with Crippen LogP contribution in [0.3, 0.4) is 0 Å². The molecule has 0 spiro atoms. The molecule has 0 bridgehead atoms. The number of benzene rings is 1. The molecule has 1 amide bonds. The Morgan fingerprint density at radius 1 is 1.19 bits per heavy atom. The zero-order valence-electron chi connectivity index (χ0n) is 11.6. The largest absolute Gasteiger partial charge is 0.480 e. The van der Waals surface area contributed by atoms with Crippen LogP contribution in [0.1, 0.15) is 10.4 Å². The van der Waals surface area contributed by atoms with Crippen molar-refractivity contribution in [2.45, 2.75) is 0 Å². The van der Waals surface area contributed by atoms with Crippen molar-refractivity contribution in [1.82, 2.24) is 9.80 Å². The van der Waals surface area contributed by atoms with Gasteiger partial charge in [0.25, 0.3) is 5.91 Å². The summed E-state index contributed by atoms with van der Waals surface area (Å²) in [6.45, 7) is -0.0181. The van der Waals surface area contributed by atoms with E-state index in [2.05, 4.69) is 0 Å². The Balaban J connectivity index is 3.04. The third-order valence-corrected chi connectivity index (χ3v) is 2.98. The van der Waals surface area contributed by atoms with Gasteiger partial charge in [-0.05, 0) is 26.2 Å². The van der Waals surface area contributed by atoms with Crippen molar-refractivity contribution in [3.8, 4) is 0 Å². The molecule has 0 heterocycles. The van der Waals surface area contributed by atoms with E-state index in [0.717, 1.165) is 4.90 Å². The molecule has 0 aromatic heterocycles. The first-order valence-corrected chi connectivity index (χ1v) is 6.40. The van der Waals surface area contributed by atoms with Crippen molar-refractivity contribution in [2.24, 2.45) is 0 Å². The predicted molar refractivity (Wildman–Crippen MR) is 73.5 cm³/mol. The Labute approximate surface area is 125 Å². The van der Waals surface area contributed by atoms with Gasteiger partial charge in [-0.25, -0.2) is 8.78 Å². The van der Waals surface area contributed by atoms with Gasteiger partial charge in [-0.15, -0.1) is 0 Å². The highest BCUT2D eigenvalue weighted by molar-refractivity contribution is 6.33. The summed E-state index contributed by atoms with van der Waals surface area (Å²) in [7, 11) is 3.52. The van der Waals surface area contributed by atoms with Crippen molar-refractivity contribution in [1.29, 1.82) is 0 Å². The summed E-state index contributed by atoms with van der Waals surface area (Å²) in [6.07, 6.45) is 0. The Morgan fingerprint density at radius 3 is 2.29 bits per heavy atom. The number of rotatable bonds is 6. The molecule has 8 heteroatoms. The number of carboxylic acids is 1. The molecule has 1 aromatic rings. The fraction of sp³-hybridized carbons (Fsp3) is 0.385. The number of nitrogens with zero attached hydrogens (tertiary/aromatic N) is 2. The quantitative estimate of drug-likeness (QED) is 0.811. The average Bonchev–Trinajstić information content (AvgIpc) is 2.37. The standard InChI is InChI=1S/C13H15ClF2N2O3/c1-17(2)3-4-18(7-12(19)20)13(21)8-5-10(15)11(16)6-9(8)14/h5-6H,3-4,7H2,1-2H3,(H,19,20). The molecule has 116 valence electrons. The minimum atomic E-state index is -1.22. The van der Waals surface area contributed by atoms with Gasteiger partial charge < -0.3 is 14.9 Å². The molecule has 5 nitrogen and oxygen atoms in total. The topological polar surface area (TPSA) is 60.9 Å². The number of carbonyl (C=O) groups is 2. The molecule has 0 saturated heterocycles. The highest BCUT2D eigenvalue weighted by Gasteiger charge is 2.22. The third kappa shape index (κ3) is 4.95. The number of likely N-dealkylation sites (N-methyl/N-ethyl adjacent to an activating group) is 1. The van der Waals surface area contributed by atoms with Crippen LogP contribution in [0.2, 0.25) is 5.02 Å². The monoisotopic (exact) mass is 320 g/mol. The molecule has 1 aromatic carbocycles. The molecule has 21 heavy (non-hydrogen) atoms. The smallest absolute Gasteiger partial charge is 0.323 e. The number of carbonyl (C=O) groups excluding carboxylic acids is 1. The highest BCUT2D eigenvalue weighted by Crippen LogP contribution is 2.21. The second-order valence-corrected chi connectivity index (χ2v) is 5.08. The number of aliphatic carboxylic acids is 1. The fourth-order valence-corrected chi connectivity index (χ4v) is 1.82. The maximum absolute atomic E-state index is 13.2. The van der Waals surface area contributed by atoms with Crippen LogP contribution in [0.5, 0.6) is 0 Å². The molecule has 0 radical (unpaired) electrons. The SMILES string of the molecule is CN(C)CCN(CC(=O)O)C(=O)c1cc(F)c(F)cc1Cl. The van der Waals surface area contributed by atoms with E-state index >= 15 is 0 Å². The molecule has 0 aliphatic heterocycles. The first kappa shape index (κ1) is 17.3. The van der Waals surface area contributed by atoms with Crippen LogP contribution in [0.15, 0.2) is 12.1 Å². The first-order chi connectivity index (χ1) is 9.72. The zero-order chi connectivity index (χ0) is 16.2. The lowest BCUT2D eigenvalue weighted by Crippen LogP contribution is -2.40. The van der Waals surface area contributed by atoms with Crippen LogP contribution < -0.4 is 0 Å². The summed E-state index contributed by atoms with van der Waals surface area (Å²) in [5.41, 5.74) is -0.268. The van der Waals surface area contributed by atoms with E-state index in [4.69, 9.17) is 16.7 Å². The maximum Gasteiger partial charge on any atom is 0.323 e. The van der Waals surface area contributed by atoms with Crippen LogP contribution in [0, 0.1) is 11.6 Å². The zero-order valence-corrected chi connectivity index (χ0v) is 12.3. The maximum atomic E-state index is 13.2. The number of hydrogen-bond acceptors (Lipinski definition) is 3. The average molecular weight is 321 g/mol. The van der Waals surface area contributed by atoms with Crippen molar-refractivity contribution >= 4 is 23.5 Å². The van der Waals surface area contributed by atoms with Gasteiger partial charge in [0.05, 0.1) is 10.6 Å².